The highest BCUT2D eigenvalue weighted by Gasteiger charge is 2.25. The van der Waals surface area contributed by atoms with Crippen LogP contribution in [0.2, 0.25) is 0 Å². The molecule has 30 heavy (non-hydrogen) atoms. The summed E-state index contributed by atoms with van der Waals surface area (Å²) >= 11 is 0. The molecule has 1 heterocycles. The third-order valence-electron chi connectivity index (χ3n) is 5.21. The number of nitrogens with one attached hydrogen (secondary N) is 1. The van der Waals surface area contributed by atoms with Gasteiger partial charge in [0, 0.05) is 52.6 Å². The molecule has 0 saturated carbocycles. The van der Waals surface area contributed by atoms with Gasteiger partial charge in [-0.25, -0.2) is 8.78 Å². The van der Waals surface area contributed by atoms with Gasteiger partial charge in [-0.2, -0.15) is 0 Å². The number of benzene rings is 1. The van der Waals surface area contributed by atoms with Crippen molar-refractivity contribution < 1.29 is 18.3 Å². The van der Waals surface area contributed by atoms with Crippen LogP contribution in [0.15, 0.2) is 23.2 Å². The van der Waals surface area contributed by atoms with E-state index in [-0.39, 0.29) is 35.6 Å². The first kappa shape index (κ1) is 27.0. The number of hydrogen-bond donors (Lipinski definition) is 1. The van der Waals surface area contributed by atoms with Crippen LogP contribution in [0.4, 0.5) is 8.78 Å². The minimum atomic E-state index is -0.535. The van der Waals surface area contributed by atoms with Crippen molar-refractivity contribution in [2.24, 2.45) is 4.99 Å². The van der Waals surface area contributed by atoms with Crippen molar-refractivity contribution in [3.63, 3.8) is 0 Å². The molecule has 172 valence electrons. The summed E-state index contributed by atoms with van der Waals surface area (Å²) in [6.07, 6.45) is 3.00. The lowest BCUT2D eigenvalue weighted by Gasteiger charge is -2.35. The number of likely N-dealkylation sites (N-methyl/N-ethyl adjacent to an activating group) is 1. The van der Waals surface area contributed by atoms with Crippen molar-refractivity contribution in [1.82, 2.24) is 15.1 Å². The quantitative estimate of drug-likeness (QED) is 0.226. The van der Waals surface area contributed by atoms with Gasteiger partial charge in [-0.1, -0.05) is 6.07 Å². The SMILES string of the molecule is CN=C(NCC(c1c(F)cccc1F)N(C)C)N1CCC(OCCCOC)CC1.I. The van der Waals surface area contributed by atoms with Gasteiger partial charge in [-0.05, 0) is 45.5 Å². The normalized spacial score (nSPS) is 16.5. The van der Waals surface area contributed by atoms with Crippen LogP contribution >= 0.6 is 24.0 Å². The van der Waals surface area contributed by atoms with Crippen molar-refractivity contribution in [2.45, 2.75) is 31.4 Å². The van der Waals surface area contributed by atoms with Crippen molar-refractivity contribution >= 4 is 29.9 Å². The maximum atomic E-state index is 14.3. The molecule has 2 rings (SSSR count). The van der Waals surface area contributed by atoms with Crippen molar-refractivity contribution in [1.29, 1.82) is 0 Å². The van der Waals surface area contributed by atoms with E-state index < -0.39 is 17.7 Å². The van der Waals surface area contributed by atoms with Crippen LogP contribution in [0, 0.1) is 11.6 Å². The highest BCUT2D eigenvalue weighted by molar-refractivity contribution is 14.0. The first-order valence-corrected chi connectivity index (χ1v) is 10.1. The molecule has 1 aliphatic rings. The third kappa shape index (κ3) is 7.90. The zero-order valence-electron chi connectivity index (χ0n) is 18.4. The van der Waals surface area contributed by atoms with Crippen molar-refractivity contribution in [2.75, 3.05) is 61.1 Å². The number of hydrogen-bond acceptors (Lipinski definition) is 4. The fourth-order valence-corrected chi connectivity index (χ4v) is 3.58. The molecule has 1 N–H and O–H groups in total. The molecule has 0 aliphatic carbocycles. The molecule has 1 saturated heterocycles. The van der Waals surface area contributed by atoms with Crippen LogP contribution < -0.4 is 5.32 Å². The minimum Gasteiger partial charge on any atom is -0.385 e. The Morgan fingerprint density at radius 3 is 2.40 bits per heavy atom. The molecule has 9 heteroatoms. The van der Waals surface area contributed by atoms with Gasteiger partial charge in [0.05, 0.1) is 12.1 Å². The molecule has 1 aromatic rings. The second-order valence-corrected chi connectivity index (χ2v) is 7.45. The Kier molecular flexibility index (Phi) is 12.7. The zero-order chi connectivity index (χ0) is 21.2. The number of methoxy groups -OCH3 is 1. The Morgan fingerprint density at radius 1 is 1.23 bits per heavy atom. The highest BCUT2D eigenvalue weighted by Crippen LogP contribution is 2.24. The largest absolute Gasteiger partial charge is 0.385 e. The number of rotatable bonds is 9. The lowest BCUT2D eigenvalue weighted by atomic mass is 10.0. The van der Waals surface area contributed by atoms with Gasteiger partial charge >= 0.3 is 0 Å². The van der Waals surface area contributed by atoms with E-state index in [4.69, 9.17) is 9.47 Å². The predicted octanol–water partition coefficient (Wildman–Crippen LogP) is 3.28. The fourth-order valence-electron chi connectivity index (χ4n) is 3.58. The summed E-state index contributed by atoms with van der Waals surface area (Å²) in [6.45, 7) is 3.44. The molecular weight excluding hydrogens is 505 g/mol. The Hall–Kier alpha value is -1.04. The van der Waals surface area contributed by atoms with Gasteiger partial charge in [-0.3, -0.25) is 4.99 Å². The molecule has 1 aliphatic heterocycles. The molecule has 1 atom stereocenters. The number of guanidine groups is 1. The molecule has 1 fully saturated rings. The van der Waals surface area contributed by atoms with Crippen molar-refractivity contribution in [3.8, 4) is 0 Å². The monoisotopic (exact) mass is 540 g/mol. The van der Waals surface area contributed by atoms with Gasteiger partial charge in [0.25, 0.3) is 0 Å². The van der Waals surface area contributed by atoms with Crippen LogP contribution in [0.5, 0.6) is 0 Å². The second kappa shape index (κ2) is 14.1. The molecule has 1 aromatic carbocycles. The second-order valence-electron chi connectivity index (χ2n) is 7.45. The summed E-state index contributed by atoms with van der Waals surface area (Å²) in [5.74, 6) is -0.328. The van der Waals surface area contributed by atoms with Gasteiger partial charge < -0.3 is 24.6 Å². The number of ether oxygens (including phenoxy) is 2. The third-order valence-corrected chi connectivity index (χ3v) is 5.21. The average molecular weight is 540 g/mol. The predicted molar refractivity (Wildman–Crippen MR) is 127 cm³/mol. The lowest BCUT2D eigenvalue weighted by Crippen LogP contribution is -2.48. The van der Waals surface area contributed by atoms with E-state index in [9.17, 15) is 8.78 Å². The zero-order valence-corrected chi connectivity index (χ0v) is 20.7. The first-order valence-electron chi connectivity index (χ1n) is 10.1. The molecule has 0 spiro atoms. The van der Waals surface area contributed by atoms with E-state index in [1.807, 2.05) is 19.0 Å². The molecule has 0 aromatic heterocycles. The maximum absolute atomic E-state index is 14.3. The summed E-state index contributed by atoms with van der Waals surface area (Å²) < 4.78 is 39.5. The smallest absolute Gasteiger partial charge is 0.193 e. The van der Waals surface area contributed by atoms with E-state index in [0.29, 0.717) is 19.8 Å². The van der Waals surface area contributed by atoms with Gasteiger partial charge in [0.2, 0.25) is 0 Å². The molecule has 0 radical (unpaired) electrons. The molecular formula is C21H35F2IN4O2. The first-order chi connectivity index (χ1) is 14.0. The number of nitrogens with zero attached hydrogens (tertiary/aromatic N) is 3. The fraction of sp³-hybridized carbons (Fsp3) is 0.667. The lowest BCUT2D eigenvalue weighted by molar-refractivity contribution is 0.00987. The number of piperidine rings is 1. The number of aliphatic imine (C=N–C) groups is 1. The minimum absolute atomic E-state index is 0. The van der Waals surface area contributed by atoms with E-state index in [2.05, 4.69) is 15.2 Å². The summed E-state index contributed by atoms with van der Waals surface area (Å²) in [7, 11) is 7.04. The van der Waals surface area contributed by atoms with Crippen LogP contribution in [0.25, 0.3) is 0 Å². The Morgan fingerprint density at radius 2 is 1.87 bits per heavy atom. The Bertz CT molecular complexity index is 636. The summed E-state index contributed by atoms with van der Waals surface area (Å²) in [5, 5.41) is 3.29. The van der Waals surface area contributed by atoms with E-state index in [1.165, 1.54) is 18.2 Å². The highest BCUT2D eigenvalue weighted by atomic mass is 127. The Balaban J connectivity index is 0.00000450. The molecule has 0 amide bonds. The van der Waals surface area contributed by atoms with Gasteiger partial charge in [-0.15, -0.1) is 24.0 Å². The van der Waals surface area contributed by atoms with Gasteiger partial charge in [0.15, 0.2) is 5.96 Å². The number of likely N-dealkylation sites (tertiary alicyclic amines) is 1. The summed E-state index contributed by atoms with van der Waals surface area (Å²) in [5.41, 5.74) is 0.0728. The van der Waals surface area contributed by atoms with Crippen molar-refractivity contribution in [3.05, 3.63) is 35.4 Å². The topological polar surface area (TPSA) is 49.3 Å². The summed E-state index contributed by atoms with van der Waals surface area (Å²) in [4.78, 5) is 8.33. The van der Waals surface area contributed by atoms with E-state index in [0.717, 1.165) is 38.3 Å². The molecule has 0 bridgehead atoms. The van der Waals surface area contributed by atoms with Crippen LogP contribution in [-0.4, -0.2) is 83.0 Å². The van der Waals surface area contributed by atoms with Crippen LogP contribution in [-0.2, 0) is 9.47 Å². The van der Waals surface area contributed by atoms with Crippen LogP contribution in [0.1, 0.15) is 30.9 Å². The molecule has 6 nitrogen and oxygen atoms in total. The maximum Gasteiger partial charge on any atom is 0.193 e. The summed E-state index contributed by atoms with van der Waals surface area (Å²) in [6, 6.07) is 3.52. The van der Waals surface area contributed by atoms with E-state index >= 15 is 0 Å². The standard InChI is InChI=1S/C21H34F2N4O2.HI/c1-24-21(27-11-9-16(10-12-27)29-14-6-13-28-4)25-15-19(26(2)3)20-17(22)7-5-8-18(20)23;/h5,7-8,16,19H,6,9-15H2,1-4H3,(H,24,25);1H. The molecule has 1 unspecified atom stereocenters. The van der Waals surface area contributed by atoms with Crippen LogP contribution in [0.3, 0.4) is 0 Å². The van der Waals surface area contributed by atoms with Gasteiger partial charge in [0.1, 0.15) is 11.6 Å². The number of halogens is 3. The van der Waals surface area contributed by atoms with E-state index in [1.54, 1.807) is 14.2 Å². The Labute approximate surface area is 196 Å². The average Bonchev–Trinajstić information content (AvgIpc) is 2.70.